The lowest BCUT2D eigenvalue weighted by Gasteiger charge is -2.06. The molecule has 0 aromatic carbocycles. The van der Waals surface area contributed by atoms with Crippen LogP contribution in [0.1, 0.15) is 20.3 Å². The molecule has 8 heteroatoms. The van der Waals surface area contributed by atoms with E-state index in [1.165, 1.54) is 22.7 Å². The molecule has 4 nitrogen and oxygen atoms in total. The maximum atomic E-state index is 11.8. The zero-order valence-electron chi connectivity index (χ0n) is 12.2. The molecule has 0 unspecified atom stereocenters. The van der Waals surface area contributed by atoms with Crippen LogP contribution >= 0.6 is 45.9 Å². The van der Waals surface area contributed by atoms with Gasteiger partial charge in [0.1, 0.15) is 4.34 Å². The summed E-state index contributed by atoms with van der Waals surface area (Å²) in [5, 5.41) is 5.15. The Morgan fingerprint density at radius 2 is 2.23 bits per heavy atom. The third-order valence-electron chi connectivity index (χ3n) is 2.61. The summed E-state index contributed by atoms with van der Waals surface area (Å²) in [5.74, 6) is 0.353. The van der Waals surface area contributed by atoms with Crippen molar-refractivity contribution in [2.75, 3.05) is 18.5 Å². The first-order valence-electron chi connectivity index (χ1n) is 6.74. The van der Waals surface area contributed by atoms with E-state index in [2.05, 4.69) is 24.1 Å². The number of carbonyl (C=O) groups excluding carboxylic acids is 1. The first-order chi connectivity index (χ1) is 10.5. The number of rotatable bonds is 7. The Morgan fingerprint density at radius 3 is 2.86 bits per heavy atom. The van der Waals surface area contributed by atoms with Crippen molar-refractivity contribution < 1.29 is 9.53 Å². The van der Waals surface area contributed by atoms with Gasteiger partial charge < -0.3 is 10.1 Å². The molecule has 120 valence electrons. The monoisotopic (exact) mass is 378 g/mol. The highest BCUT2D eigenvalue weighted by Gasteiger charge is 2.13. The number of thiophene rings is 1. The van der Waals surface area contributed by atoms with Gasteiger partial charge in [-0.25, -0.2) is 4.98 Å². The van der Waals surface area contributed by atoms with Crippen molar-refractivity contribution in [3.8, 4) is 11.3 Å². The summed E-state index contributed by atoms with van der Waals surface area (Å²) >= 11 is 14.7. The number of amides is 1. The molecule has 2 aromatic heterocycles. The predicted octanol–water partition coefficient (Wildman–Crippen LogP) is 5.18. The topological polar surface area (TPSA) is 51.2 Å². The normalized spacial score (nSPS) is 11.1. The SMILES string of the molecule is CC(C)COCCC(=O)Nc1nc(-c2cc(Cl)sc2Cl)cs1. The molecule has 2 rings (SSSR count). The molecule has 0 atom stereocenters. The van der Waals surface area contributed by atoms with E-state index in [1.54, 1.807) is 6.07 Å². The minimum atomic E-state index is -0.112. The second-order valence-electron chi connectivity index (χ2n) is 5.04. The summed E-state index contributed by atoms with van der Waals surface area (Å²) in [7, 11) is 0. The summed E-state index contributed by atoms with van der Waals surface area (Å²) in [6, 6.07) is 1.77. The largest absolute Gasteiger partial charge is 0.381 e. The van der Waals surface area contributed by atoms with Gasteiger partial charge in [0, 0.05) is 17.6 Å². The number of thiazole rings is 1. The average molecular weight is 379 g/mol. The fourth-order valence-corrected chi connectivity index (χ4v) is 3.84. The van der Waals surface area contributed by atoms with Gasteiger partial charge in [0.25, 0.3) is 0 Å². The Kier molecular flexibility index (Phi) is 6.65. The molecule has 0 bridgehead atoms. The minimum absolute atomic E-state index is 0.112. The molecule has 1 N–H and O–H groups in total. The summed E-state index contributed by atoms with van der Waals surface area (Å²) in [5.41, 5.74) is 1.50. The fraction of sp³-hybridized carbons (Fsp3) is 0.429. The Labute approximate surface area is 147 Å². The summed E-state index contributed by atoms with van der Waals surface area (Å²) in [6.45, 7) is 5.21. The lowest BCUT2D eigenvalue weighted by atomic mass is 10.2. The molecule has 22 heavy (non-hydrogen) atoms. The number of ether oxygens (including phenoxy) is 1. The molecular weight excluding hydrogens is 363 g/mol. The van der Waals surface area contributed by atoms with Gasteiger partial charge >= 0.3 is 0 Å². The van der Waals surface area contributed by atoms with E-state index in [-0.39, 0.29) is 5.91 Å². The molecule has 0 aliphatic carbocycles. The van der Waals surface area contributed by atoms with E-state index >= 15 is 0 Å². The number of aromatic nitrogens is 1. The Bertz CT molecular complexity index is 641. The van der Waals surface area contributed by atoms with Gasteiger partial charge in [-0.3, -0.25) is 4.79 Å². The maximum absolute atomic E-state index is 11.8. The van der Waals surface area contributed by atoms with Crippen LogP contribution in [0.2, 0.25) is 8.67 Å². The van der Waals surface area contributed by atoms with Crippen LogP contribution in [0.3, 0.4) is 0 Å². The third kappa shape index (κ3) is 5.21. The van der Waals surface area contributed by atoms with Crippen molar-refractivity contribution in [3.05, 3.63) is 20.1 Å². The van der Waals surface area contributed by atoms with Crippen LogP contribution in [0.25, 0.3) is 11.3 Å². The Hall–Kier alpha value is -0.660. The van der Waals surface area contributed by atoms with Crippen LogP contribution < -0.4 is 5.32 Å². The smallest absolute Gasteiger partial charge is 0.228 e. The summed E-state index contributed by atoms with van der Waals surface area (Å²) < 4.78 is 6.59. The quantitative estimate of drug-likeness (QED) is 0.675. The second-order valence-corrected chi connectivity index (χ2v) is 8.19. The number of nitrogens with zero attached hydrogens (tertiary/aromatic N) is 1. The molecule has 0 radical (unpaired) electrons. The molecule has 2 aromatic rings. The van der Waals surface area contributed by atoms with Crippen LogP contribution in [0, 0.1) is 5.92 Å². The summed E-state index contributed by atoms with van der Waals surface area (Å²) in [4.78, 5) is 16.2. The van der Waals surface area contributed by atoms with Crippen molar-refractivity contribution in [3.63, 3.8) is 0 Å². The van der Waals surface area contributed by atoms with Crippen molar-refractivity contribution in [1.82, 2.24) is 4.98 Å². The van der Waals surface area contributed by atoms with Gasteiger partial charge in [-0.05, 0) is 12.0 Å². The number of hydrogen-bond acceptors (Lipinski definition) is 5. The number of halogens is 2. The van der Waals surface area contributed by atoms with Crippen LogP contribution in [-0.4, -0.2) is 24.1 Å². The van der Waals surface area contributed by atoms with Gasteiger partial charge in [0.2, 0.25) is 5.91 Å². The van der Waals surface area contributed by atoms with Crippen LogP contribution in [0.15, 0.2) is 11.4 Å². The van der Waals surface area contributed by atoms with Crippen LogP contribution in [0.5, 0.6) is 0 Å². The van der Waals surface area contributed by atoms with Gasteiger partial charge in [-0.1, -0.05) is 37.0 Å². The van der Waals surface area contributed by atoms with Gasteiger partial charge in [-0.15, -0.1) is 22.7 Å². The highest BCUT2D eigenvalue weighted by atomic mass is 35.5. The average Bonchev–Trinajstić information content (AvgIpc) is 3.01. The zero-order valence-corrected chi connectivity index (χ0v) is 15.3. The van der Waals surface area contributed by atoms with E-state index in [0.29, 0.717) is 45.1 Å². The van der Waals surface area contributed by atoms with Crippen molar-refractivity contribution in [1.29, 1.82) is 0 Å². The van der Waals surface area contributed by atoms with Gasteiger partial charge in [0.05, 0.1) is 23.1 Å². The molecule has 0 aliphatic heterocycles. The molecule has 1 amide bonds. The van der Waals surface area contributed by atoms with Gasteiger partial charge in [0.15, 0.2) is 5.13 Å². The van der Waals surface area contributed by atoms with E-state index in [9.17, 15) is 4.79 Å². The second kappa shape index (κ2) is 8.26. The van der Waals surface area contributed by atoms with Crippen LogP contribution in [0.4, 0.5) is 5.13 Å². The van der Waals surface area contributed by atoms with E-state index < -0.39 is 0 Å². The standard InChI is InChI=1S/C14H16Cl2N2O2S2/c1-8(2)6-20-4-3-12(19)18-14-17-10(7-21-14)9-5-11(15)22-13(9)16/h5,7-8H,3-4,6H2,1-2H3,(H,17,18,19). The van der Waals surface area contributed by atoms with E-state index in [1.807, 2.05) is 5.38 Å². The minimum Gasteiger partial charge on any atom is -0.381 e. The molecule has 2 heterocycles. The lowest BCUT2D eigenvalue weighted by molar-refractivity contribution is -0.117. The first kappa shape index (κ1) is 17.7. The third-order valence-corrected chi connectivity index (χ3v) is 4.85. The fourth-order valence-electron chi connectivity index (χ4n) is 1.64. The predicted molar refractivity (Wildman–Crippen MR) is 94.4 cm³/mol. The highest BCUT2D eigenvalue weighted by molar-refractivity contribution is 7.20. The maximum Gasteiger partial charge on any atom is 0.228 e. The molecule has 0 spiro atoms. The van der Waals surface area contributed by atoms with Crippen molar-refractivity contribution in [2.45, 2.75) is 20.3 Å². The molecule has 0 aliphatic rings. The van der Waals surface area contributed by atoms with Crippen molar-refractivity contribution in [2.24, 2.45) is 5.92 Å². The van der Waals surface area contributed by atoms with Gasteiger partial charge in [-0.2, -0.15) is 0 Å². The number of hydrogen-bond donors (Lipinski definition) is 1. The number of anilines is 1. The zero-order chi connectivity index (χ0) is 16.1. The van der Waals surface area contributed by atoms with Crippen LogP contribution in [-0.2, 0) is 9.53 Å². The number of carbonyl (C=O) groups is 1. The molecule has 0 saturated carbocycles. The number of nitrogens with one attached hydrogen (secondary N) is 1. The van der Waals surface area contributed by atoms with E-state index in [4.69, 9.17) is 27.9 Å². The van der Waals surface area contributed by atoms with E-state index in [0.717, 1.165) is 5.56 Å². The summed E-state index contributed by atoms with van der Waals surface area (Å²) in [6.07, 6.45) is 0.312. The Morgan fingerprint density at radius 1 is 1.45 bits per heavy atom. The highest BCUT2D eigenvalue weighted by Crippen LogP contribution is 2.38. The molecule has 0 fully saturated rings. The lowest BCUT2D eigenvalue weighted by Crippen LogP contribution is -2.15. The molecule has 0 saturated heterocycles. The Balaban J connectivity index is 1.87. The first-order valence-corrected chi connectivity index (χ1v) is 9.19. The van der Waals surface area contributed by atoms with Crippen molar-refractivity contribution >= 4 is 56.9 Å². The molecular formula is C14H16Cl2N2O2S2.